The highest BCUT2D eigenvalue weighted by atomic mass is 16.2. The van der Waals surface area contributed by atoms with Crippen molar-refractivity contribution in [1.29, 1.82) is 0 Å². The van der Waals surface area contributed by atoms with Gasteiger partial charge in [-0.3, -0.25) is 4.79 Å². The molecule has 1 aromatic carbocycles. The zero-order chi connectivity index (χ0) is 12.5. The number of aliphatic hydroxyl groups excluding tert-OH is 1. The number of hydrogen-bond acceptors (Lipinski definition) is 2. The van der Waals surface area contributed by atoms with E-state index in [1.54, 1.807) is 0 Å². The summed E-state index contributed by atoms with van der Waals surface area (Å²) in [5, 5.41) is 11.4. The Kier molecular flexibility index (Phi) is 5.84. The fraction of sp³-hybridized carbons (Fsp3) is 0.357. The first-order valence-electron chi connectivity index (χ1n) is 5.76. The molecule has 0 heterocycles. The summed E-state index contributed by atoms with van der Waals surface area (Å²) in [6, 6.07) is 7.37. The zero-order valence-corrected chi connectivity index (χ0v) is 9.99. The molecule has 0 fully saturated rings. The smallest absolute Gasteiger partial charge is 0.224 e. The molecule has 0 atom stereocenters. The number of nitrogens with one attached hydrogen (secondary N) is 1. The van der Waals surface area contributed by atoms with E-state index in [0.717, 1.165) is 17.7 Å². The molecule has 0 radical (unpaired) electrons. The second-order valence-electron chi connectivity index (χ2n) is 3.65. The van der Waals surface area contributed by atoms with Crippen LogP contribution in [0.5, 0.6) is 0 Å². The van der Waals surface area contributed by atoms with Crippen molar-refractivity contribution in [1.82, 2.24) is 0 Å². The Labute approximate surface area is 102 Å². The minimum absolute atomic E-state index is 0.0339. The number of benzene rings is 1. The Balaban J connectivity index is 2.56. The number of amides is 1. The molecule has 0 aliphatic heterocycles. The first-order valence-corrected chi connectivity index (χ1v) is 5.76. The topological polar surface area (TPSA) is 49.3 Å². The normalized spacial score (nSPS) is 9.29. The monoisotopic (exact) mass is 231 g/mol. The van der Waals surface area contributed by atoms with Crippen molar-refractivity contribution in [2.75, 3.05) is 11.9 Å². The molecule has 0 aliphatic rings. The van der Waals surface area contributed by atoms with Crippen molar-refractivity contribution in [3.8, 4) is 11.8 Å². The number of carbonyl (C=O) groups is 1. The van der Waals surface area contributed by atoms with Crippen LogP contribution in [-0.2, 0) is 4.79 Å². The standard InChI is InChI=1S/C14H17NO2/c1-2-5-14(17)15-13-9-7-12(8-10-13)6-3-4-11-16/h7-10,16H,2,4-5,11H2,1H3,(H,15,17). The maximum Gasteiger partial charge on any atom is 0.224 e. The molecule has 17 heavy (non-hydrogen) atoms. The Morgan fingerprint density at radius 3 is 2.65 bits per heavy atom. The Morgan fingerprint density at radius 1 is 1.35 bits per heavy atom. The van der Waals surface area contributed by atoms with E-state index in [0.29, 0.717) is 12.8 Å². The van der Waals surface area contributed by atoms with Gasteiger partial charge >= 0.3 is 0 Å². The lowest BCUT2D eigenvalue weighted by Gasteiger charge is -2.03. The summed E-state index contributed by atoms with van der Waals surface area (Å²) in [5.41, 5.74) is 1.67. The molecule has 90 valence electrons. The van der Waals surface area contributed by atoms with E-state index in [9.17, 15) is 4.79 Å². The highest BCUT2D eigenvalue weighted by Crippen LogP contribution is 2.09. The van der Waals surface area contributed by atoms with Gasteiger partial charge in [0.15, 0.2) is 0 Å². The van der Waals surface area contributed by atoms with Gasteiger partial charge in [0, 0.05) is 24.1 Å². The van der Waals surface area contributed by atoms with E-state index >= 15 is 0 Å². The summed E-state index contributed by atoms with van der Waals surface area (Å²) in [4.78, 5) is 11.3. The SMILES string of the molecule is CCCC(=O)Nc1ccc(C#CCCO)cc1. The summed E-state index contributed by atoms with van der Waals surface area (Å²) in [7, 11) is 0. The summed E-state index contributed by atoms with van der Waals surface area (Å²) in [6.45, 7) is 2.05. The lowest BCUT2D eigenvalue weighted by molar-refractivity contribution is -0.116. The molecule has 0 bridgehead atoms. The lowest BCUT2D eigenvalue weighted by Crippen LogP contribution is -2.10. The van der Waals surface area contributed by atoms with Crippen molar-refractivity contribution in [2.24, 2.45) is 0 Å². The van der Waals surface area contributed by atoms with Gasteiger partial charge in [-0.15, -0.1) is 0 Å². The van der Waals surface area contributed by atoms with Crippen LogP contribution >= 0.6 is 0 Å². The third-order valence-electron chi connectivity index (χ3n) is 2.12. The molecule has 1 aromatic rings. The molecule has 0 saturated carbocycles. The van der Waals surface area contributed by atoms with Gasteiger partial charge in [-0.25, -0.2) is 0 Å². The van der Waals surface area contributed by atoms with Crippen molar-refractivity contribution in [2.45, 2.75) is 26.2 Å². The van der Waals surface area contributed by atoms with E-state index in [4.69, 9.17) is 5.11 Å². The minimum Gasteiger partial charge on any atom is -0.395 e. The van der Waals surface area contributed by atoms with Crippen molar-refractivity contribution >= 4 is 11.6 Å². The van der Waals surface area contributed by atoms with Crippen LogP contribution in [0.4, 0.5) is 5.69 Å². The van der Waals surface area contributed by atoms with Gasteiger partial charge in [-0.2, -0.15) is 0 Å². The molecule has 1 amide bonds. The number of rotatable bonds is 4. The molecule has 2 N–H and O–H groups in total. The molecule has 0 aromatic heterocycles. The second-order valence-corrected chi connectivity index (χ2v) is 3.65. The average molecular weight is 231 g/mol. The zero-order valence-electron chi connectivity index (χ0n) is 9.99. The maximum absolute atomic E-state index is 11.3. The van der Waals surface area contributed by atoms with Crippen molar-refractivity contribution < 1.29 is 9.90 Å². The van der Waals surface area contributed by atoms with Gasteiger partial charge in [0.05, 0.1) is 6.61 Å². The van der Waals surface area contributed by atoms with Crippen LogP contribution in [0.2, 0.25) is 0 Å². The van der Waals surface area contributed by atoms with Crippen LogP contribution in [0.25, 0.3) is 0 Å². The Morgan fingerprint density at radius 2 is 2.06 bits per heavy atom. The number of carbonyl (C=O) groups excluding carboxylic acids is 1. The molecule has 0 aliphatic carbocycles. The predicted octanol–water partition coefficient (Wildman–Crippen LogP) is 2.16. The first-order chi connectivity index (χ1) is 8.26. The van der Waals surface area contributed by atoms with Gasteiger partial charge in [-0.1, -0.05) is 18.8 Å². The molecular weight excluding hydrogens is 214 g/mol. The van der Waals surface area contributed by atoms with E-state index in [-0.39, 0.29) is 12.5 Å². The summed E-state index contributed by atoms with van der Waals surface area (Å²) in [6.07, 6.45) is 1.86. The second kappa shape index (κ2) is 7.48. The van der Waals surface area contributed by atoms with Crippen LogP contribution in [0.3, 0.4) is 0 Å². The molecule has 0 unspecified atom stereocenters. The van der Waals surface area contributed by atoms with Gasteiger partial charge in [0.1, 0.15) is 0 Å². The summed E-state index contributed by atoms with van der Waals surface area (Å²) >= 11 is 0. The maximum atomic E-state index is 11.3. The van der Waals surface area contributed by atoms with Crippen LogP contribution < -0.4 is 5.32 Å². The average Bonchev–Trinajstić information content (AvgIpc) is 2.32. The largest absolute Gasteiger partial charge is 0.395 e. The fourth-order valence-corrected chi connectivity index (χ4v) is 1.31. The van der Waals surface area contributed by atoms with Gasteiger partial charge in [-0.05, 0) is 30.7 Å². The van der Waals surface area contributed by atoms with Gasteiger partial charge < -0.3 is 10.4 Å². The molecule has 3 heteroatoms. The lowest BCUT2D eigenvalue weighted by atomic mass is 10.2. The first kappa shape index (κ1) is 13.3. The van der Waals surface area contributed by atoms with Crippen LogP contribution in [-0.4, -0.2) is 17.6 Å². The fourth-order valence-electron chi connectivity index (χ4n) is 1.31. The Hall–Kier alpha value is -1.79. The Bertz CT molecular complexity index is 412. The highest BCUT2D eigenvalue weighted by Gasteiger charge is 1.99. The van der Waals surface area contributed by atoms with Gasteiger partial charge in [0.2, 0.25) is 5.91 Å². The minimum atomic E-state index is 0.0339. The molecule has 3 nitrogen and oxygen atoms in total. The molecule has 0 spiro atoms. The number of aliphatic hydroxyl groups is 1. The predicted molar refractivity (Wildman–Crippen MR) is 68.6 cm³/mol. The molecule has 1 rings (SSSR count). The third-order valence-corrected chi connectivity index (χ3v) is 2.12. The van der Waals surface area contributed by atoms with E-state index in [1.165, 1.54) is 0 Å². The van der Waals surface area contributed by atoms with Crippen LogP contribution in [0.15, 0.2) is 24.3 Å². The summed E-state index contributed by atoms with van der Waals surface area (Å²) < 4.78 is 0. The van der Waals surface area contributed by atoms with Crippen molar-refractivity contribution in [3.05, 3.63) is 29.8 Å². The molecule has 0 saturated heterocycles. The number of hydrogen-bond donors (Lipinski definition) is 2. The van der Waals surface area contributed by atoms with E-state index in [2.05, 4.69) is 17.2 Å². The third kappa shape index (κ3) is 5.19. The highest BCUT2D eigenvalue weighted by molar-refractivity contribution is 5.90. The molecular formula is C14H17NO2. The quantitative estimate of drug-likeness (QED) is 0.780. The summed E-state index contributed by atoms with van der Waals surface area (Å²) in [5.74, 6) is 5.81. The van der Waals surface area contributed by atoms with Crippen molar-refractivity contribution in [3.63, 3.8) is 0 Å². The van der Waals surface area contributed by atoms with Crippen LogP contribution in [0.1, 0.15) is 31.7 Å². The van der Waals surface area contributed by atoms with Gasteiger partial charge in [0.25, 0.3) is 0 Å². The number of anilines is 1. The van der Waals surface area contributed by atoms with E-state index in [1.807, 2.05) is 31.2 Å². The van der Waals surface area contributed by atoms with Crippen LogP contribution in [0, 0.1) is 11.8 Å². The van der Waals surface area contributed by atoms with E-state index < -0.39 is 0 Å².